The fraction of sp³-hybridized carbons (Fsp3) is 0.400. The first kappa shape index (κ1) is 15.2. The van der Waals surface area contributed by atoms with Gasteiger partial charge in [-0.1, -0.05) is 0 Å². The Morgan fingerprint density at radius 3 is 2.38 bits per heavy atom. The minimum Gasteiger partial charge on any atom is -0.497 e. The Hall–Kier alpha value is -2.21. The van der Waals surface area contributed by atoms with Crippen LogP contribution in [0.4, 0.5) is 0 Å². The average Bonchev–Trinajstić information content (AvgIpc) is 2.53. The number of quaternary nitrogens is 1. The van der Waals surface area contributed by atoms with Crippen molar-refractivity contribution in [3.8, 4) is 11.5 Å². The van der Waals surface area contributed by atoms with Gasteiger partial charge < -0.3 is 19.8 Å². The van der Waals surface area contributed by atoms with E-state index in [9.17, 15) is 4.79 Å². The SMILES string of the molecule is COc1cc(OC)cc(C(=O)NNC2=CC[NH+](C)CC2)c1. The van der Waals surface area contributed by atoms with E-state index in [1.165, 1.54) is 4.90 Å². The maximum atomic E-state index is 12.2. The van der Waals surface area contributed by atoms with E-state index in [0.29, 0.717) is 17.1 Å². The molecule has 0 saturated heterocycles. The van der Waals surface area contributed by atoms with Gasteiger partial charge in [-0.15, -0.1) is 0 Å². The van der Waals surface area contributed by atoms with Gasteiger partial charge in [0.25, 0.3) is 5.91 Å². The van der Waals surface area contributed by atoms with Crippen molar-refractivity contribution in [2.75, 3.05) is 34.4 Å². The molecule has 1 aromatic rings. The summed E-state index contributed by atoms with van der Waals surface area (Å²) in [6, 6.07) is 5.08. The van der Waals surface area contributed by atoms with Crippen LogP contribution in [0.5, 0.6) is 11.5 Å². The number of carbonyl (C=O) groups is 1. The molecule has 0 radical (unpaired) electrons. The minimum atomic E-state index is -0.223. The maximum Gasteiger partial charge on any atom is 0.269 e. The van der Waals surface area contributed by atoms with Gasteiger partial charge in [-0.25, -0.2) is 0 Å². The predicted octanol–water partition coefficient (Wildman–Crippen LogP) is -0.259. The van der Waals surface area contributed by atoms with Gasteiger partial charge >= 0.3 is 0 Å². The first-order valence-corrected chi connectivity index (χ1v) is 6.92. The monoisotopic (exact) mass is 292 g/mol. The lowest BCUT2D eigenvalue weighted by molar-refractivity contribution is -0.875. The third-order valence-electron chi connectivity index (χ3n) is 3.47. The summed E-state index contributed by atoms with van der Waals surface area (Å²) in [5.74, 6) is 0.947. The van der Waals surface area contributed by atoms with Crippen molar-refractivity contribution in [1.82, 2.24) is 10.9 Å². The lowest BCUT2D eigenvalue weighted by Gasteiger charge is -2.20. The molecule has 21 heavy (non-hydrogen) atoms. The fourth-order valence-electron chi connectivity index (χ4n) is 2.11. The van der Waals surface area contributed by atoms with Crippen LogP contribution in [0.25, 0.3) is 0 Å². The lowest BCUT2D eigenvalue weighted by Crippen LogP contribution is -3.09. The van der Waals surface area contributed by atoms with Crippen molar-refractivity contribution < 1.29 is 19.2 Å². The van der Waals surface area contributed by atoms with Crippen molar-refractivity contribution in [2.45, 2.75) is 6.42 Å². The van der Waals surface area contributed by atoms with Crippen LogP contribution < -0.4 is 25.2 Å². The van der Waals surface area contributed by atoms with Gasteiger partial charge in [0.05, 0.1) is 34.4 Å². The van der Waals surface area contributed by atoms with E-state index >= 15 is 0 Å². The third kappa shape index (κ3) is 4.13. The lowest BCUT2D eigenvalue weighted by atomic mass is 10.2. The number of hydrogen-bond donors (Lipinski definition) is 3. The molecule has 1 unspecified atom stereocenters. The number of carbonyl (C=O) groups excluding carboxylic acids is 1. The number of likely N-dealkylation sites (N-methyl/N-ethyl adjacent to an activating group) is 1. The normalized spacial score (nSPS) is 17.7. The van der Waals surface area contributed by atoms with Gasteiger partial charge in [-0.3, -0.25) is 10.2 Å². The van der Waals surface area contributed by atoms with Gasteiger partial charge in [0, 0.05) is 23.7 Å². The summed E-state index contributed by atoms with van der Waals surface area (Å²) in [6.07, 6.45) is 3.03. The maximum absolute atomic E-state index is 12.2. The highest BCUT2D eigenvalue weighted by Gasteiger charge is 2.13. The molecular formula is C15H22N3O3+. The van der Waals surface area contributed by atoms with Crippen LogP contribution in [0.3, 0.4) is 0 Å². The second-order valence-corrected chi connectivity index (χ2v) is 5.07. The number of methoxy groups -OCH3 is 2. The zero-order valence-electron chi connectivity index (χ0n) is 12.7. The van der Waals surface area contributed by atoms with Crippen LogP contribution >= 0.6 is 0 Å². The number of nitrogens with one attached hydrogen (secondary N) is 3. The van der Waals surface area contributed by atoms with Crippen LogP contribution in [0, 0.1) is 0 Å². The van der Waals surface area contributed by atoms with Crippen molar-refractivity contribution in [2.24, 2.45) is 0 Å². The summed E-state index contributed by atoms with van der Waals surface area (Å²) >= 11 is 0. The molecule has 2 rings (SSSR count). The zero-order valence-corrected chi connectivity index (χ0v) is 12.7. The minimum absolute atomic E-state index is 0.223. The Balaban J connectivity index is 2.00. The average molecular weight is 292 g/mol. The third-order valence-corrected chi connectivity index (χ3v) is 3.47. The molecule has 3 N–H and O–H groups in total. The molecule has 1 atom stereocenters. The Morgan fingerprint density at radius 2 is 1.86 bits per heavy atom. The van der Waals surface area contributed by atoms with E-state index in [2.05, 4.69) is 24.0 Å². The number of hydrogen-bond acceptors (Lipinski definition) is 4. The Labute approximate surface area is 124 Å². The van der Waals surface area contributed by atoms with E-state index < -0.39 is 0 Å². The number of ether oxygens (including phenoxy) is 2. The summed E-state index contributed by atoms with van der Waals surface area (Å²) in [5.41, 5.74) is 7.22. The summed E-state index contributed by atoms with van der Waals surface area (Å²) < 4.78 is 10.3. The largest absolute Gasteiger partial charge is 0.497 e. The molecule has 1 heterocycles. The summed E-state index contributed by atoms with van der Waals surface area (Å²) in [5, 5.41) is 0. The zero-order chi connectivity index (χ0) is 15.2. The molecule has 0 aliphatic carbocycles. The molecule has 6 heteroatoms. The molecule has 1 aliphatic heterocycles. The van der Waals surface area contributed by atoms with Crippen LogP contribution in [0.1, 0.15) is 16.8 Å². The van der Waals surface area contributed by atoms with Gasteiger partial charge in [0.2, 0.25) is 0 Å². The van der Waals surface area contributed by atoms with Crippen LogP contribution in [-0.4, -0.2) is 40.3 Å². The smallest absolute Gasteiger partial charge is 0.269 e. The predicted molar refractivity (Wildman–Crippen MR) is 79.5 cm³/mol. The highest BCUT2D eigenvalue weighted by Crippen LogP contribution is 2.22. The Morgan fingerprint density at radius 1 is 1.19 bits per heavy atom. The number of benzene rings is 1. The number of rotatable bonds is 5. The van der Waals surface area contributed by atoms with Crippen molar-refractivity contribution in [3.05, 3.63) is 35.5 Å². The number of amides is 1. The van der Waals surface area contributed by atoms with Crippen molar-refractivity contribution in [3.63, 3.8) is 0 Å². The van der Waals surface area contributed by atoms with Crippen molar-refractivity contribution >= 4 is 5.91 Å². The highest BCUT2D eigenvalue weighted by atomic mass is 16.5. The van der Waals surface area contributed by atoms with E-state index in [4.69, 9.17) is 9.47 Å². The summed E-state index contributed by atoms with van der Waals surface area (Å²) in [7, 11) is 5.26. The molecule has 1 amide bonds. The quantitative estimate of drug-likeness (QED) is 0.654. The van der Waals surface area contributed by atoms with E-state index in [1.807, 2.05) is 0 Å². The second-order valence-electron chi connectivity index (χ2n) is 5.07. The first-order chi connectivity index (χ1) is 10.1. The second kappa shape index (κ2) is 6.99. The highest BCUT2D eigenvalue weighted by molar-refractivity contribution is 5.94. The molecule has 6 nitrogen and oxygen atoms in total. The van der Waals surface area contributed by atoms with E-state index in [1.54, 1.807) is 32.4 Å². The molecule has 1 aliphatic rings. The molecule has 0 bridgehead atoms. The molecule has 0 saturated carbocycles. The van der Waals surface area contributed by atoms with Gasteiger partial charge in [-0.2, -0.15) is 0 Å². The molecule has 0 fully saturated rings. The summed E-state index contributed by atoms with van der Waals surface area (Å²) in [4.78, 5) is 13.6. The van der Waals surface area contributed by atoms with Crippen LogP contribution in [-0.2, 0) is 0 Å². The van der Waals surface area contributed by atoms with E-state index in [-0.39, 0.29) is 5.91 Å². The van der Waals surface area contributed by atoms with Crippen LogP contribution in [0.15, 0.2) is 30.0 Å². The van der Waals surface area contributed by atoms with Gasteiger partial charge in [-0.05, 0) is 18.2 Å². The fourth-order valence-corrected chi connectivity index (χ4v) is 2.11. The van der Waals surface area contributed by atoms with Crippen molar-refractivity contribution in [1.29, 1.82) is 0 Å². The number of hydrazine groups is 1. The molecule has 1 aromatic carbocycles. The molecule has 0 spiro atoms. The standard InChI is InChI=1S/C15H21N3O3/c1-18-6-4-12(5-7-18)16-17-15(19)11-8-13(20-2)10-14(9-11)21-3/h4,8-10,16H,5-7H2,1-3H3,(H,17,19)/p+1. The van der Waals surface area contributed by atoms with Gasteiger partial charge in [0.15, 0.2) is 0 Å². The Kier molecular flexibility index (Phi) is 5.05. The topological polar surface area (TPSA) is 64.0 Å². The molecule has 114 valence electrons. The summed E-state index contributed by atoms with van der Waals surface area (Å²) in [6.45, 7) is 2.02. The van der Waals surface area contributed by atoms with Gasteiger partial charge in [0.1, 0.15) is 11.5 Å². The van der Waals surface area contributed by atoms with E-state index in [0.717, 1.165) is 25.2 Å². The Bertz CT molecular complexity index is 521. The van der Waals surface area contributed by atoms with Crippen LogP contribution in [0.2, 0.25) is 0 Å². The molecular weight excluding hydrogens is 270 g/mol. The first-order valence-electron chi connectivity index (χ1n) is 6.92. The molecule has 0 aromatic heterocycles.